The number of carbonyl (C=O) groups is 4. The predicted octanol–water partition coefficient (Wildman–Crippen LogP) is 8.75. The van der Waals surface area contributed by atoms with Crippen molar-refractivity contribution in [2.45, 2.75) is 114 Å². The number of carbonyl (C=O) groups excluding carboxylic acids is 2. The van der Waals surface area contributed by atoms with Gasteiger partial charge in [0.15, 0.2) is 0 Å². The average molecular weight is 843 g/mol. The Morgan fingerprint density at radius 1 is 0.746 bits per heavy atom. The van der Waals surface area contributed by atoms with Gasteiger partial charge in [0.2, 0.25) is 5.91 Å². The molecule has 5 rings (SSSR count). The molecule has 1 amide bonds. The number of carboxylic acids is 2. The van der Waals surface area contributed by atoms with Crippen molar-refractivity contribution < 1.29 is 51.7 Å². The lowest BCUT2D eigenvalue weighted by Gasteiger charge is -2.29. The fourth-order valence-corrected chi connectivity index (χ4v) is 12.4. The maximum absolute atomic E-state index is 14.4. The first kappa shape index (κ1) is 47.3. The summed E-state index contributed by atoms with van der Waals surface area (Å²) >= 11 is 0. The minimum Gasteiger partial charge on any atom is -0.481 e. The minimum absolute atomic E-state index is 0.00530. The Balaban J connectivity index is 0.000000262. The molecule has 3 N–H and O–H groups in total. The molecule has 2 heterocycles. The van der Waals surface area contributed by atoms with Gasteiger partial charge in [-0.05, 0) is 74.4 Å². The molecule has 2 bridgehead atoms. The van der Waals surface area contributed by atoms with Crippen LogP contribution in [0.3, 0.4) is 0 Å². The zero-order valence-corrected chi connectivity index (χ0v) is 34.5. The summed E-state index contributed by atoms with van der Waals surface area (Å²) in [4.78, 5) is 45.3. The molecule has 3 aromatic carbocycles. The Labute approximate surface area is 345 Å². The van der Waals surface area contributed by atoms with E-state index in [0.717, 1.165) is 48.0 Å². The first-order chi connectivity index (χ1) is 28.2. The van der Waals surface area contributed by atoms with Crippen LogP contribution in [0, 0.1) is 11.8 Å². The number of amides is 1. The first-order valence-corrected chi connectivity index (χ1v) is 22.5. The highest BCUT2D eigenvalue weighted by atomic mass is 31.2. The Hall–Kier alpha value is -4.41. The third-order valence-electron chi connectivity index (χ3n) is 11.1. The smallest absolute Gasteiger partial charge is 0.374 e. The molecule has 0 unspecified atom stereocenters. The van der Waals surface area contributed by atoms with Crippen molar-refractivity contribution in [1.29, 1.82) is 0 Å². The third kappa shape index (κ3) is 14.1. The summed E-state index contributed by atoms with van der Waals surface area (Å²) < 4.78 is 61.0. The Morgan fingerprint density at radius 3 is 1.80 bits per heavy atom. The standard InChI is InChI=1S/C23H35F2NO5.C23H21F2O2P/c1-2-3-5-8-16(27)10-13-21(28)26-15-18-17(19-11-12-20(18)31-19)9-6-4-7-14-23(24,25)22(29)30;24-23(25,18-22(26)27)16-17-28(19-10-4-1-5-11-19,20-12-6-2-7-13-20)21-14-8-3-9-15-21/h4,6,17-20H,2-3,5,7-15H2,1H3,(H,26,28)(H,29,30);1-15H,16-18H2/p+1/b6-4-;/t17-,18+,19-,20+;/m1./s1. The Kier molecular flexibility index (Phi) is 18.3. The predicted molar refractivity (Wildman–Crippen MR) is 224 cm³/mol. The number of alkyl halides is 4. The van der Waals surface area contributed by atoms with Crippen molar-refractivity contribution in [3.8, 4) is 0 Å². The van der Waals surface area contributed by atoms with Crippen LogP contribution in [0.2, 0.25) is 0 Å². The lowest BCUT2D eigenvalue weighted by molar-refractivity contribution is -0.165. The van der Waals surface area contributed by atoms with Gasteiger partial charge in [0.05, 0.1) is 18.4 Å². The Morgan fingerprint density at radius 2 is 1.29 bits per heavy atom. The molecule has 0 radical (unpaired) electrons. The fraction of sp³-hybridized carbons (Fsp3) is 0.478. The van der Waals surface area contributed by atoms with Gasteiger partial charge in [0, 0.05) is 44.6 Å². The number of hydrogen-bond donors (Lipinski definition) is 3. The molecule has 2 aliphatic rings. The number of nitrogens with one attached hydrogen (secondary N) is 1. The second kappa shape index (κ2) is 22.8. The number of fused-ring (bicyclic) bond motifs is 2. The molecule has 0 aliphatic carbocycles. The molecule has 59 heavy (non-hydrogen) atoms. The largest absolute Gasteiger partial charge is 0.481 e. The van der Waals surface area contributed by atoms with E-state index in [9.17, 15) is 36.7 Å². The van der Waals surface area contributed by atoms with Gasteiger partial charge in [-0.15, -0.1) is 0 Å². The molecule has 0 spiro atoms. The van der Waals surface area contributed by atoms with E-state index >= 15 is 0 Å². The van der Waals surface area contributed by atoms with Crippen LogP contribution in [0.5, 0.6) is 0 Å². The van der Waals surface area contributed by atoms with Crippen LogP contribution in [0.1, 0.15) is 90.4 Å². The molecule has 320 valence electrons. The van der Waals surface area contributed by atoms with E-state index in [2.05, 4.69) is 12.2 Å². The molecule has 4 atom stereocenters. The van der Waals surface area contributed by atoms with Gasteiger partial charge >= 0.3 is 17.9 Å². The van der Waals surface area contributed by atoms with Gasteiger partial charge in [-0.1, -0.05) is 86.5 Å². The van der Waals surface area contributed by atoms with Crippen molar-refractivity contribution in [2.75, 3.05) is 12.7 Å². The number of ketones is 1. The molecule has 8 nitrogen and oxygen atoms in total. The van der Waals surface area contributed by atoms with Gasteiger partial charge < -0.3 is 20.3 Å². The normalized spacial score (nSPS) is 18.9. The van der Waals surface area contributed by atoms with Crippen molar-refractivity contribution >= 4 is 46.8 Å². The number of hydrogen-bond acceptors (Lipinski definition) is 5. The molecule has 0 saturated carbocycles. The van der Waals surface area contributed by atoms with Crippen LogP contribution in [-0.4, -0.2) is 70.6 Å². The second-order valence-corrected chi connectivity index (χ2v) is 19.0. The summed E-state index contributed by atoms with van der Waals surface area (Å²) in [5, 5.41) is 23.3. The number of ether oxygens (including phenoxy) is 1. The van der Waals surface area contributed by atoms with Gasteiger partial charge in [-0.2, -0.15) is 8.78 Å². The summed E-state index contributed by atoms with van der Waals surface area (Å²) in [5.74, 6) is -10.2. The summed E-state index contributed by atoms with van der Waals surface area (Å²) in [6, 6.07) is 29.2. The number of halogens is 4. The van der Waals surface area contributed by atoms with Gasteiger partial charge in [-0.25, -0.2) is 13.6 Å². The maximum Gasteiger partial charge on any atom is 0.374 e. The van der Waals surface area contributed by atoms with E-state index in [4.69, 9.17) is 14.9 Å². The molecular formula is C46H57F4NO7P+. The highest BCUT2D eigenvalue weighted by molar-refractivity contribution is 7.95. The first-order valence-electron chi connectivity index (χ1n) is 20.5. The molecule has 0 aromatic heterocycles. The number of carboxylic acid groups (broad SMARTS) is 2. The summed E-state index contributed by atoms with van der Waals surface area (Å²) in [6.07, 6.45) is 8.00. The molecule has 3 aromatic rings. The average Bonchev–Trinajstić information content (AvgIpc) is 3.83. The van der Waals surface area contributed by atoms with Crippen LogP contribution in [0.25, 0.3) is 0 Å². The quantitative estimate of drug-likeness (QED) is 0.0377. The summed E-state index contributed by atoms with van der Waals surface area (Å²) in [6.45, 7) is 2.57. The van der Waals surface area contributed by atoms with Crippen molar-refractivity contribution in [3.05, 3.63) is 103 Å². The van der Waals surface area contributed by atoms with Crippen LogP contribution < -0.4 is 21.2 Å². The molecular weight excluding hydrogens is 785 g/mol. The van der Waals surface area contributed by atoms with E-state index in [0.29, 0.717) is 19.4 Å². The van der Waals surface area contributed by atoms with Crippen molar-refractivity contribution in [2.24, 2.45) is 11.8 Å². The number of rotatable bonds is 23. The highest BCUT2D eigenvalue weighted by Crippen LogP contribution is 2.57. The van der Waals surface area contributed by atoms with Gasteiger partial charge in [-0.3, -0.25) is 14.4 Å². The zero-order valence-electron chi connectivity index (χ0n) is 33.6. The third-order valence-corrected chi connectivity index (χ3v) is 15.6. The minimum atomic E-state index is -3.70. The van der Waals surface area contributed by atoms with Crippen LogP contribution >= 0.6 is 7.26 Å². The fourth-order valence-electron chi connectivity index (χ4n) is 8.02. The van der Waals surface area contributed by atoms with Crippen LogP contribution in [-0.2, 0) is 23.9 Å². The van der Waals surface area contributed by atoms with E-state index in [-0.39, 0.29) is 61.2 Å². The van der Waals surface area contributed by atoms with Crippen molar-refractivity contribution in [3.63, 3.8) is 0 Å². The lowest BCUT2D eigenvalue weighted by atomic mass is 9.77. The number of unbranched alkanes of at least 4 members (excludes halogenated alkanes) is 2. The SMILES string of the molecule is CCCCCC(=O)CCC(=O)NC[C@H]1[C@@H](C/C=C\CCC(F)(F)C(=O)O)[C@H]2CC[C@@H]1O2.O=C(O)CC(F)(F)CC[P+](c1ccccc1)(c1ccccc1)c1ccccc1. The zero-order chi connectivity index (χ0) is 42.9. The Bertz CT molecular complexity index is 1720. The number of Topliss-reactive ketones (excluding diaryl/α,β-unsaturated/α-hetero) is 1. The van der Waals surface area contributed by atoms with E-state index < -0.39 is 50.3 Å². The van der Waals surface area contributed by atoms with Gasteiger partial charge in [0.25, 0.3) is 5.92 Å². The molecule has 2 aliphatic heterocycles. The number of benzene rings is 3. The summed E-state index contributed by atoms with van der Waals surface area (Å²) in [5.41, 5.74) is 0. The van der Waals surface area contributed by atoms with E-state index in [1.54, 1.807) is 6.08 Å². The number of aliphatic carboxylic acids is 2. The monoisotopic (exact) mass is 842 g/mol. The topological polar surface area (TPSA) is 130 Å². The van der Waals surface area contributed by atoms with Gasteiger partial charge in [0.1, 0.15) is 35.4 Å². The second-order valence-electron chi connectivity index (χ2n) is 15.4. The van der Waals surface area contributed by atoms with E-state index in [1.165, 1.54) is 0 Å². The van der Waals surface area contributed by atoms with Crippen LogP contribution in [0.4, 0.5) is 17.6 Å². The lowest BCUT2D eigenvalue weighted by Crippen LogP contribution is -2.38. The molecule has 13 heteroatoms. The van der Waals surface area contributed by atoms with Crippen LogP contribution in [0.15, 0.2) is 103 Å². The molecule has 2 fully saturated rings. The van der Waals surface area contributed by atoms with E-state index in [1.807, 2.05) is 97.1 Å². The summed E-state index contributed by atoms with van der Waals surface area (Å²) in [7, 11) is -2.37. The van der Waals surface area contributed by atoms with Crippen molar-refractivity contribution in [1.82, 2.24) is 5.32 Å². The highest BCUT2D eigenvalue weighted by Gasteiger charge is 2.49. The number of allylic oxidation sites excluding steroid dienone is 2. The maximum atomic E-state index is 14.4. The molecule has 2 saturated heterocycles.